The lowest BCUT2D eigenvalue weighted by atomic mass is 9.94. The molecule has 1 aliphatic heterocycles. The van der Waals surface area contributed by atoms with Crippen LogP contribution in [-0.2, 0) is 9.59 Å². The first-order valence-corrected chi connectivity index (χ1v) is 9.94. The minimum atomic E-state index is -0.633. The number of nitrogens with one attached hydrogen (secondary N) is 1. The lowest BCUT2D eigenvalue weighted by Gasteiger charge is -2.31. The van der Waals surface area contributed by atoms with Gasteiger partial charge in [-0.1, -0.05) is 61.4 Å². The average molecular weight is 384 g/mol. The van der Waals surface area contributed by atoms with Crippen molar-refractivity contribution in [3.63, 3.8) is 0 Å². The van der Waals surface area contributed by atoms with E-state index >= 15 is 0 Å². The van der Waals surface area contributed by atoms with E-state index in [9.17, 15) is 14.4 Å². The van der Waals surface area contributed by atoms with Crippen molar-refractivity contribution in [1.29, 1.82) is 0 Å². The van der Waals surface area contributed by atoms with E-state index in [2.05, 4.69) is 11.4 Å². The monoisotopic (exact) mass is 384 g/mol. The van der Waals surface area contributed by atoms with E-state index in [1.54, 1.807) is 6.08 Å². The minimum absolute atomic E-state index is 0.0120. The molecule has 3 aromatic rings. The van der Waals surface area contributed by atoms with Gasteiger partial charge in [0.1, 0.15) is 5.57 Å². The molecule has 0 unspecified atom stereocenters. The minimum Gasteiger partial charge on any atom is -0.273 e. The van der Waals surface area contributed by atoms with Crippen LogP contribution in [0, 0.1) is 0 Å². The number of hydrogen-bond donors (Lipinski definition) is 1. The molecule has 3 aromatic carbocycles. The largest absolute Gasteiger partial charge is 0.331 e. The molecule has 0 atom stereocenters. The summed E-state index contributed by atoms with van der Waals surface area (Å²) in [4.78, 5) is 39.4. The molecular formula is C24H20N2O3. The summed E-state index contributed by atoms with van der Waals surface area (Å²) in [5, 5.41) is 6.35. The van der Waals surface area contributed by atoms with Gasteiger partial charge < -0.3 is 0 Å². The normalized spacial score (nSPS) is 19.5. The van der Waals surface area contributed by atoms with Crippen molar-refractivity contribution < 1.29 is 14.4 Å². The maximum absolute atomic E-state index is 13.2. The molecular weight excluding hydrogens is 364 g/mol. The fourth-order valence-corrected chi connectivity index (χ4v) is 4.51. The topological polar surface area (TPSA) is 66.5 Å². The zero-order valence-corrected chi connectivity index (χ0v) is 15.9. The van der Waals surface area contributed by atoms with Gasteiger partial charge in [0.25, 0.3) is 11.8 Å². The average Bonchev–Trinajstić information content (AvgIpc) is 3.24. The molecule has 1 N–H and O–H groups in total. The molecule has 0 bridgehead atoms. The highest BCUT2D eigenvalue weighted by atomic mass is 16.2. The van der Waals surface area contributed by atoms with Crippen molar-refractivity contribution in [3.8, 4) is 0 Å². The van der Waals surface area contributed by atoms with E-state index in [0.717, 1.165) is 52.8 Å². The Labute approximate surface area is 168 Å². The summed E-state index contributed by atoms with van der Waals surface area (Å²) in [5.74, 6) is -1.13. The Morgan fingerprint density at radius 1 is 0.862 bits per heavy atom. The van der Waals surface area contributed by atoms with Crippen LogP contribution < -0.4 is 5.32 Å². The second-order valence-electron chi connectivity index (χ2n) is 7.66. The zero-order chi connectivity index (χ0) is 20.0. The number of amides is 4. The number of carbonyl (C=O) groups is 3. The van der Waals surface area contributed by atoms with Crippen molar-refractivity contribution in [2.24, 2.45) is 0 Å². The Hall–Kier alpha value is -3.47. The summed E-state index contributed by atoms with van der Waals surface area (Å²) in [7, 11) is 0. The number of carbonyl (C=O) groups excluding carboxylic acids is 3. The van der Waals surface area contributed by atoms with E-state index in [1.165, 1.54) is 4.90 Å². The van der Waals surface area contributed by atoms with Gasteiger partial charge in [-0.3, -0.25) is 19.8 Å². The van der Waals surface area contributed by atoms with Crippen molar-refractivity contribution in [2.45, 2.75) is 31.7 Å². The predicted octanol–water partition coefficient (Wildman–Crippen LogP) is 4.40. The number of nitrogens with zero attached hydrogens (tertiary/aromatic N) is 1. The quantitative estimate of drug-likeness (QED) is 0.405. The van der Waals surface area contributed by atoms with Gasteiger partial charge in [0.15, 0.2) is 0 Å². The molecule has 0 radical (unpaired) electrons. The standard InChI is InChI=1S/C24H20N2O3/c27-22-21(23(28)26(24(29)25-22)17-9-3-4-10-17)14-20-18-11-5-1-7-15(18)13-16-8-2-6-12-19(16)20/h1-2,5-8,11-14,17H,3-4,9-10H2,(H,25,27,29)/b21-14+. The highest BCUT2D eigenvalue weighted by molar-refractivity contribution is 6.32. The fourth-order valence-electron chi connectivity index (χ4n) is 4.51. The van der Waals surface area contributed by atoms with Gasteiger partial charge in [-0.15, -0.1) is 0 Å². The van der Waals surface area contributed by atoms with Gasteiger partial charge in [-0.05, 0) is 52.1 Å². The zero-order valence-electron chi connectivity index (χ0n) is 15.9. The fraction of sp³-hybridized carbons (Fsp3) is 0.208. The summed E-state index contributed by atoms with van der Waals surface area (Å²) in [6.07, 6.45) is 5.21. The molecule has 2 aliphatic rings. The van der Waals surface area contributed by atoms with Gasteiger partial charge >= 0.3 is 6.03 Å². The molecule has 1 saturated carbocycles. The molecule has 5 heteroatoms. The number of rotatable bonds is 2. The molecule has 1 aliphatic carbocycles. The Morgan fingerprint density at radius 2 is 1.45 bits per heavy atom. The van der Waals surface area contributed by atoms with Crippen LogP contribution in [0.5, 0.6) is 0 Å². The first-order chi connectivity index (χ1) is 14.1. The highest BCUT2D eigenvalue weighted by Gasteiger charge is 2.40. The van der Waals surface area contributed by atoms with Crippen LogP contribution in [0.15, 0.2) is 60.2 Å². The van der Waals surface area contributed by atoms with Crippen LogP contribution in [0.2, 0.25) is 0 Å². The van der Waals surface area contributed by atoms with Crippen LogP contribution in [0.4, 0.5) is 4.79 Å². The van der Waals surface area contributed by atoms with Crippen LogP contribution in [0.25, 0.3) is 27.6 Å². The number of benzene rings is 3. The number of barbiturate groups is 1. The summed E-state index contributed by atoms with van der Waals surface area (Å²) in [5.41, 5.74) is 0.830. The lowest BCUT2D eigenvalue weighted by Crippen LogP contribution is -2.57. The lowest BCUT2D eigenvalue weighted by molar-refractivity contribution is -0.131. The number of hydrogen-bond acceptors (Lipinski definition) is 3. The first-order valence-electron chi connectivity index (χ1n) is 9.94. The SMILES string of the molecule is O=C1NC(=O)N(C2CCCC2)C(=O)/C1=C/c1c2ccccc2cc2ccccc12. The maximum Gasteiger partial charge on any atom is 0.331 e. The van der Waals surface area contributed by atoms with E-state index in [1.807, 2.05) is 48.5 Å². The van der Waals surface area contributed by atoms with Gasteiger partial charge in [-0.2, -0.15) is 0 Å². The molecule has 0 aromatic heterocycles. The number of urea groups is 1. The molecule has 0 spiro atoms. The molecule has 144 valence electrons. The summed E-state index contributed by atoms with van der Waals surface area (Å²) in [6.45, 7) is 0. The third-order valence-electron chi connectivity index (χ3n) is 5.92. The molecule has 5 nitrogen and oxygen atoms in total. The summed E-state index contributed by atoms with van der Waals surface area (Å²) >= 11 is 0. The van der Waals surface area contributed by atoms with Crippen LogP contribution in [-0.4, -0.2) is 28.8 Å². The van der Waals surface area contributed by atoms with Crippen molar-refractivity contribution >= 4 is 45.5 Å². The van der Waals surface area contributed by atoms with Gasteiger partial charge in [0.2, 0.25) is 0 Å². The highest BCUT2D eigenvalue weighted by Crippen LogP contribution is 2.32. The van der Waals surface area contributed by atoms with E-state index in [4.69, 9.17) is 0 Å². The smallest absolute Gasteiger partial charge is 0.273 e. The van der Waals surface area contributed by atoms with E-state index in [-0.39, 0.29) is 11.6 Å². The van der Waals surface area contributed by atoms with Gasteiger partial charge in [-0.25, -0.2) is 4.79 Å². The predicted molar refractivity (Wildman–Crippen MR) is 112 cm³/mol. The number of imide groups is 2. The molecule has 5 rings (SSSR count). The van der Waals surface area contributed by atoms with Crippen LogP contribution in [0.1, 0.15) is 31.2 Å². The molecule has 2 fully saturated rings. The molecule has 1 heterocycles. The molecule has 4 amide bonds. The molecule has 29 heavy (non-hydrogen) atoms. The first kappa shape index (κ1) is 17.6. The third-order valence-corrected chi connectivity index (χ3v) is 5.92. The summed E-state index contributed by atoms with van der Waals surface area (Å²) in [6, 6.07) is 17.2. The maximum atomic E-state index is 13.2. The van der Waals surface area contributed by atoms with E-state index in [0.29, 0.717) is 0 Å². The molecule has 1 saturated heterocycles. The Bertz CT molecular complexity index is 1150. The Balaban J connectivity index is 1.70. The van der Waals surface area contributed by atoms with Gasteiger partial charge in [0, 0.05) is 6.04 Å². The second kappa shape index (κ2) is 6.85. The van der Waals surface area contributed by atoms with Crippen molar-refractivity contribution in [2.75, 3.05) is 0 Å². The Kier molecular flexibility index (Phi) is 4.16. The van der Waals surface area contributed by atoms with Crippen molar-refractivity contribution in [1.82, 2.24) is 10.2 Å². The van der Waals surface area contributed by atoms with Gasteiger partial charge in [0.05, 0.1) is 0 Å². The third kappa shape index (κ3) is 2.90. The van der Waals surface area contributed by atoms with Crippen LogP contribution >= 0.6 is 0 Å². The van der Waals surface area contributed by atoms with Crippen molar-refractivity contribution in [3.05, 3.63) is 65.7 Å². The second-order valence-corrected chi connectivity index (χ2v) is 7.66. The Morgan fingerprint density at radius 3 is 2.07 bits per heavy atom. The summed E-state index contributed by atoms with van der Waals surface area (Å²) < 4.78 is 0. The van der Waals surface area contributed by atoms with Crippen LogP contribution in [0.3, 0.4) is 0 Å². The van der Waals surface area contributed by atoms with E-state index < -0.39 is 17.8 Å². The number of fused-ring (bicyclic) bond motifs is 2.